The first-order valence-electron chi connectivity index (χ1n) is 9.52. The molecule has 2 amide bonds. The molecule has 0 aromatic heterocycles. The zero-order valence-electron chi connectivity index (χ0n) is 16.7. The number of ether oxygens (including phenoxy) is 2. The number of amides is 2. The van der Waals surface area contributed by atoms with Gasteiger partial charge in [-0.1, -0.05) is 12.1 Å². The predicted octanol–water partition coefficient (Wildman–Crippen LogP) is 2.30. The molecule has 0 bridgehead atoms. The molecule has 30 heavy (non-hydrogen) atoms. The van der Waals surface area contributed by atoms with E-state index in [0.29, 0.717) is 31.0 Å². The van der Waals surface area contributed by atoms with Crippen LogP contribution < -0.4 is 14.4 Å². The standard InChI is InChI=1S/C21H21N3O6/c1-29-18-9-13-7-8-22(12-14(13)10-19(18)30-2)17-11-20(25)23(21(17)26)15-5-3-4-6-16(15)24(27)28/h3-6,9-10,17H,7-8,11-12H2,1-2H3/t17-/m1/s1. The lowest BCUT2D eigenvalue weighted by Gasteiger charge is -2.32. The number of carbonyl (C=O) groups excluding carboxylic acids is 2. The minimum atomic E-state index is -0.654. The van der Waals surface area contributed by atoms with Gasteiger partial charge in [0, 0.05) is 19.2 Å². The fraction of sp³-hybridized carbons (Fsp3) is 0.333. The van der Waals surface area contributed by atoms with Crippen LogP contribution in [0.25, 0.3) is 0 Å². The Labute approximate surface area is 172 Å². The molecule has 1 saturated heterocycles. The van der Waals surface area contributed by atoms with Crippen LogP contribution in [-0.4, -0.2) is 48.4 Å². The molecule has 1 fully saturated rings. The first kappa shape index (κ1) is 19.8. The molecule has 0 saturated carbocycles. The van der Waals surface area contributed by atoms with Crippen LogP contribution in [0.3, 0.4) is 0 Å². The monoisotopic (exact) mass is 411 g/mol. The van der Waals surface area contributed by atoms with E-state index in [1.807, 2.05) is 17.0 Å². The summed E-state index contributed by atoms with van der Waals surface area (Å²) in [4.78, 5) is 39.4. The van der Waals surface area contributed by atoms with E-state index in [0.717, 1.165) is 16.0 Å². The summed E-state index contributed by atoms with van der Waals surface area (Å²) in [6, 6.07) is 8.98. The van der Waals surface area contributed by atoms with E-state index in [9.17, 15) is 19.7 Å². The Kier molecular flexibility index (Phi) is 5.13. The van der Waals surface area contributed by atoms with Crippen molar-refractivity contribution < 1.29 is 24.0 Å². The minimum Gasteiger partial charge on any atom is -0.493 e. The molecule has 2 aliphatic heterocycles. The summed E-state index contributed by atoms with van der Waals surface area (Å²) >= 11 is 0. The number of hydrogen-bond donors (Lipinski definition) is 0. The average Bonchev–Trinajstić information content (AvgIpc) is 3.05. The third-order valence-electron chi connectivity index (χ3n) is 5.63. The minimum absolute atomic E-state index is 0.00644. The topological polar surface area (TPSA) is 102 Å². The van der Waals surface area contributed by atoms with Crippen LogP contribution in [0.15, 0.2) is 36.4 Å². The van der Waals surface area contributed by atoms with E-state index in [1.165, 1.54) is 18.2 Å². The largest absolute Gasteiger partial charge is 0.493 e. The van der Waals surface area contributed by atoms with Gasteiger partial charge in [-0.25, -0.2) is 4.90 Å². The van der Waals surface area contributed by atoms with Crippen molar-refractivity contribution in [2.75, 3.05) is 25.7 Å². The third kappa shape index (κ3) is 3.26. The van der Waals surface area contributed by atoms with Crippen LogP contribution in [0.4, 0.5) is 11.4 Å². The van der Waals surface area contributed by atoms with Gasteiger partial charge in [0.05, 0.1) is 31.6 Å². The SMILES string of the molecule is COc1cc2c(cc1OC)CN([C@@H]1CC(=O)N(c3ccccc3[N+](=O)[O-])C1=O)CC2. The summed E-state index contributed by atoms with van der Waals surface area (Å²) < 4.78 is 10.7. The third-order valence-corrected chi connectivity index (χ3v) is 5.63. The number of methoxy groups -OCH3 is 2. The summed E-state index contributed by atoms with van der Waals surface area (Å²) in [5.74, 6) is 0.392. The Morgan fingerprint density at radius 2 is 1.73 bits per heavy atom. The Bertz CT molecular complexity index is 1040. The molecule has 0 N–H and O–H groups in total. The lowest BCUT2D eigenvalue weighted by molar-refractivity contribution is -0.384. The smallest absolute Gasteiger partial charge is 0.293 e. The summed E-state index contributed by atoms with van der Waals surface area (Å²) in [7, 11) is 3.15. The van der Waals surface area contributed by atoms with Crippen molar-refractivity contribution in [3.63, 3.8) is 0 Å². The van der Waals surface area contributed by atoms with Crippen LogP contribution >= 0.6 is 0 Å². The number of nitrogens with zero attached hydrogens (tertiary/aromatic N) is 3. The van der Waals surface area contributed by atoms with Gasteiger partial charge in [-0.3, -0.25) is 24.6 Å². The fourth-order valence-electron chi connectivity index (χ4n) is 4.13. The highest BCUT2D eigenvalue weighted by molar-refractivity contribution is 6.23. The maximum Gasteiger partial charge on any atom is 0.293 e. The number of fused-ring (bicyclic) bond motifs is 1. The molecule has 0 spiro atoms. The van der Waals surface area contributed by atoms with Gasteiger partial charge in [0.1, 0.15) is 5.69 Å². The zero-order chi connectivity index (χ0) is 21.4. The highest BCUT2D eigenvalue weighted by Gasteiger charge is 2.45. The van der Waals surface area contributed by atoms with Crippen molar-refractivity contribution in [2.24, 2.45) is 0 Å². The summed E-state index contributed by atoms with van der Waals surface area (Å²) in [5.41, 5.74) is 1.86. The van der Waals surface area contributed by atoms with Crippen molar-refractivity contribution in [2.45, 2.75) is 25.4 Å². The quantitative estimate of drug-likeness (QED) is 0.423. The number of imide groups is 1. The molecule has 2 aromatic carbocycles. The molecular weight excluding hydrogens is 390 g/mol. The van der Waals surface area contributed by atoms with Gasteiger partial charge >= 0.3 is 0 Å². The van der Waals surface area contributed by atoms with Crippen LogP contribution in [0.2, 0.25) is 0 Å². The molecule has 4 rings (SSSR count). The Morgan fingerprint density at radius 1 is 1.07 bits per heavy atom. The number of anilines is 1. The molecule has 0 aliphatic carbocycles. The normalized spacial score (nSPS) is 19.0. The lowest BCUT2D eigenvalue weighted by atomic mass is 9.97. The fourth-order valence-corrected chi connectivity index (χ4v) is 4.13. The molecule has 2 aromatic rings. The number of para-hydroxylation sites is 2. The van der Waals surface area contributed by atoms with Crippen molar-refractivity contribution in [1.29, 1.82) is 0 Å². The van der Waals surface area contributed by atoms with E-state index < -0.39 is 22.8 Å². The second-order valence-electron chi connectivity index (χ2n) is 7.23. The number of hydrogen-bond acceptors (Lipinski definition) is 7. The van der Waals surface area contributed by atoms with Crippen molar-refractivity contribution in [3.8, 4) is 11.5 Å². The lowest BCUT2D eigenvalue weighted by Crippen LogP contribution is -2.44. The maximum atomic E-state index is 13.1. The van der Waals surface area contributed by atoms with E-state index in [4.69, 9.17) is 9.47 Å². The number of rotatable bonds is 5. The molecule has 156 valence electrons. The van der Waals surface area contributed by atoms with Gasteiger partial charge in [0.2, 0.25) is 5.91 Å². The summed E-state index contributed by atoms with van der Waals surface area (Å²) in [6.07, 6.45) is 0.687. The first-order chi connectivity index (χ1) is 14.4. The van der Waals surface area contributed by atoms with Gasteiger partial charge in [-0.15, -0.1) is 0 Å². The van der Waals surface area contributed by atoms with E-state index in [-0.39, 0.29) is 17.8 Å². The number of nitro benzene ring substituents is 1. The zero-order valence-corrected chi connectivity index (χ0v) is 16.7. The van der Waals surface area contributed by atoms with E-state index in [2.05, 4.69) is 0 Å². The number of benzene rings is 2. The molecular formula is C21H21N3O6. The number of nitro groups is 1. The predicted molar refractivity (Wildman–Crippen MR) is 108 cm³/mol. The summed E-state index contributed by atoms with van der Waals surface area (Å²) in [5, 5.41) is 11.3. The maximum absolute atomic E-state index is 13.1. The van der Waals surface area contributed by atoms with Crippen molar-refractivity contribution in [1.82, 2.24) is 4.90 Å². The highest BCUT2D eigenvalue weighted by Crippen LogP contribution is 2.36. The van der Waals surface area contributed by atoms with Crippen molar-refractivity contribution >= 4 is 23.2 Å². The van der Waals surface area contributed by atoms with Crippen LogP contribution in [0, 0.1) is 10.1 Å². The van der Waals surface area contributed by atoms with Crippen LogP contribution in [-0.2, 0) is 22.6 Å². The van der Waals surface area contributed by atoms with Gasteiger partial charge in [0.25, 0.3) is 11.6 Å². The van der Waals surface area contributed by atoms with Crippen LogP contribution in [0.5, 0.6) is 11.5 Å². The molecule has 1 atom stereocenters. The van der Waals surface area contributed by atoms with E-state index >= 15 is 0 Å². The Morgan fingerprint density at radius 3 is 2.40 bits per heavy atom. The second kappa shape index (κ2) is 7.75. The number of carbonyl (C=O) groups is 2. The first-order valence-corrected chi connectivity index (χ1v) is 9.52. The Balaban J connectivity index is 1.61. The van der Waals surface area contributed by atoms with Gasteiger partial charge in [-0.05, 0) is 35.7 Å². The molecule has 2 aliphatic rings. The van der Waals surface area contributed by atoms with Gasteiger partial charge in [-0.2, -0.15) is 0 Å². The van der Waals surface area contributed by atoms with E-state index in [1.54, 1.807) is 20.3 Å². The molecule has 9 heteroatoms. The highest BCUT2D eigenvalue weighted by atomic mass is 16.6. The molecule has 0 radical (unpaired) electrons. The Hall–Kier alpha value is -3.46. The second-order valence-corrected chi connectivity index (χ2v) is 7.23. The van der Waals surface area contributed by atoms with Gasteiger partial charge in [0.15, 0.2) is 11.5 Å². The molecule has 9 nitrogen and oxygen atoms in total. The van der Waals surface area contributed by atoms with Crippen LogP contribution in [0.1, 0.15) is 17.5 Å². The average molecular weight is 411 g/mol. The van der Waals surface area contributed by atoms with Gasteiger partial charge < -0.3 is 9.47 Å². The molecule has 2 heterocycles. The summed E-state index contributed by atoms with van der Waals surface area (Å²) in [6.45, 7) is 1.07. The van der Waals surface area contributed by atoms with Crippen molar-refractivity contribution in [3.05, 3.63) is 57.6 Å². The molecule has 0 unspecified atom stereocenters.